The highest BCUT2D eigenvalue weighted by Gasteiger charge is 2.40. The Morgan fingerprint density at radius 2 is 1.87 bits per heavy atom. The number of carbonyl (C=O) groups excluding carboxylic acids is 2. The molecule has 1 aromatic rings. The van der Waals surface area contributed by atoms with E-state index in [0.717, 1.165) is 23.6 Å². The van der Waals surface area contributed by atoms with Crippen LogP contribution in [-0.4, -0.2) is 40.8 Å². The lowest BCUT2D eigenvalue weighted by atomic mass is 9.81. The Balaban J connectivity index is 1.50. The number of hydrazine groups is 1. The van der Waals surface area contributed by atoms with Crippen LogP contribution in [0.5, 0.6) is 0 Å². The van der Waals surface area contributed by atoms with Crippen molar-refractivity contribution < 1.29 is 32.2 Å². The number of halogens is 3. The van der Waals surface area contributed by atoms with E-state index in [1.807, 2.05) is 0 Å². The summed E-state index contributed by atoms with van der Waals surface area (Å²) in [5.74, 6) is -2.14. The average molecular weight is 439 g/mol. The summed E-state index contributed by atoms with van der Waals surface area (Å²) in [6, 6.07) is 2.09. The van der Waals surface area contributed by atoms with Gasteiger partial charge in [-0.3, -0.25) is 15.0 Å². The van der Waals surface area contributed by atoms with Crippen LogP contribution >= 0.6 is 0 Å². The SMILES string of the molecule is CC1=C(CCC2(C)OCCO2)C(=O)N(Nc2ccc(C(F)(F)F)c(C3CCC3)n2)C1=O. The van der Waals surface area contributed by atoms with Crippen LogP contribution in [0.4, 0.5) is 19.0 Å². The summed E-state index contributed by atoms with van der Waals surface area (Å²) in [7, 11) is 0. The lowest BCUT2D eigenvalue weighted by Gasteiger charge is -2.28. The maximum absolute atomic E-state index is 13.4. The number of nitrogens with one attached hydrogen (secondary N) is 1. The van der Waals surface area contributed by atoms with Crippen molar-refractivity contribution in [3.63, 3.8) is 0 Å². The maximum atomic E-state index is 13.4. The molecule has 1 saturated carbocycles. The van der Waals surface area contributed by atoms with Crippen molar-refractivity contribution in [1.29, 1.82) is 0 Å². The third kappa shape index (κ3) is 4.18. The summed E-state index contributed by atoms with van der Waals surface area (Å²) < 4.78 is 51.2. The van der Waals surface area contributed by atoms with Gasteiger partial charge in [-0.25, -0.2) is 4.98 Å². The number of imide groups is 1. The zero-order chi connectivity index (χ0) is 22.4. The van der Waals surface area contributed by atoms with Gasteiger partial charge in [0, 0.05) is 23.5 Å². The number of amides is 2. The first-order chi connectivity index (χ1) is 14.6. The second-order valence-corrected chi connectivity index (χ2v) is 8.25. The molecule has 10 heteroatoms. The molecule has 7 nitrogen and oxygen atoms in total. The highest BCUT2D eigenvalue weighted by molar-refractivity contribution is 6.19. The molecule has 0 atom stereocenters. The Bertz CT molecular complexity index is 934. The van der Waals surface area contributed by atoms with Gasteiger partial charge in [-0.2, -0.15) is 18.2 Å². The van der Waals surface area contributed by atoms with E-state index < -0.39 is 29.3 Å². The Kier molecular flexibility index (Phi) is 5.55. The van der Waals surface area contributed by atoms with Crippen molar-refractivity contribution in [1.82, 2.24) is 9.99 Å². The molecule has 1 aliphatic carbocycles. The van der Waals surface area contributed by atoms with Gasteiger partial charge < -0.3 is 9.47 Å². The first-order valence-corrected chi connectivity index (χ1v) is 10.3. The number of pyridine rings is 1. The van der Waals surface area contributed by atoms with Gasteiger partial charge in [-0.05, 0) is 45.2 Å². The van der Waals surface area contributed by atoms with Gasteiger partial charge in [0.25, 0.3) is 11.8 Å². The molecular formula is C21H24F3N3O4. The number of anilines is 1. The predicted molar refractivity (Wildman–Crippen MR) is 104 cm³/mol. The van der Waals surface area contributed by atoms with Crippen molar-refractivity contribution in [2.24, 2.45) is 0 Å². The zero-order valence-corrected chi connectivity index (χ0v) is 17.3. The van der Waals surface area contributed by atoms with Crippen molar-refractivity contribution in [2.45, 2.75) is 63.8 Å². The van der Waals surface area contributed by atoms with E-state index in [0.29, 0.717) is 38.0 Å². The average Bonchev–Trinajstić information content (AvgIpc) is 3.17. The molecule has 2 fully saturated rings. The van der Waals surface area contributed by atoms with Crippen LogP contribution < -0.4 is 5.43 Å². The van der Waals surface area contributed by atoms with Gasteiger partial charge in [0.1, 0.15) is 5.82 Å². The lowest BCUT2D eigenvalue weighted by Crippen LogP contribution is -2.37. The van der Waals surface area contributed by atoms with E-state index in [2.05, 4.69) is 10.4 Å². The molecule has 168 valence electrons. The third-order valence-corrected chi connectivity index (χ3v) is 6.11. The number of rotatable bonds is 6. The minimum atomic E-state index is -4.51. The standard InChI is InChI=1S/C21H24F3N3O4/c1-12-14(8-9-20(2)30-10-11-31-20)19(29)27(18(12)28)26-16-7-6-15(21(22,23)24)17(25-16)13-4-3-5-13/h6-7,13H,3-5,8-11H2,1-2H3,(H,25,26). The van der Waals surface area contributed by atoms with Gasteiger partial charge in [0.15, 0.2) is 5.79 Å². The van der Waals surface area contributed by atoms with Gasteiger partial charge in [-0.15, -0.1) is 0 Å². The first-order valence-electron chi connectivity index (χ1n) is 10.3. The van der Waals surface area contributed by atoms with Crippen LogP contribution in [0.3, 0.4) is 0 Å². The highest BCUT2D eigenvalue weighted by Crippen LogP contribution is 2.42. The van der Waals surface area contributed by atoms with Gasteiger partial charge >= 0.3 is 6.18 Å². The second-order valence-electron chi connectivity index (χ2n) is 8.25. The number of ether oxygens (including phenoxy) is 2. The molecule has 0 spiro atoms. The molecule has 31 heavy (non-hydrogen) atoms. The number of aromatic nitrogens is 1. The lowest BCUT2D eigenvalue weighted by molar-refractivity contribution is -0.146. The molecule has 1 aromatic heterocycles. The molecule has 0 aromatic carbocycles. The minimum absolute atomic E-state index is 0.0278. The highest BCUT2D eigenvalue weighted by atomic mass is 19.4. The molecule has 4 rings (SSSR count). The molecule has 2 aliphatic heterocycles. The summed E-state index contributed by atoms with van der Waals surface area (Å²) >= 11 is 0. The normalized spacial score (nSPS) is 21.8. The predicted octanol–water partition coefficient (Wildman–Crippen LogP) is 3.92. The summed E-state index contributed by atoms with van der Waals surface area (Å²) in [6.07, 6.45) is -1.72. The molecule has 2 amide bonds. The molecule has 0 unspecified atom stereocenters. The Morgan fingerprint density at radius 3 is 2.45 bits per heavy atom. The summed E-state index contributed by atoms with van der Waals surface area (Å²) in [5, 5.41) is 0.809. The van der Waals surface area contributed by atoms with Crippen molar-refractivity contribution >= 4 is 17.6 Å². The van der Waals surface area contributed by atoms with Crippen LogP contribution in [-0.2, 0) is 25.2 Å². The van der Waals surface area contributed by atoms with Crippen LogP contribution in [0.15, 0.2) is 23.3 Å². The van der Waals surface area contributed by atoms with Crippen LogP contribution in [0.2, 0.25) is 0 Å². The fourth-order valence-electron chi connectivity index (χ4n) is 4.02. The Labute approximate surface area is 177 Å². The number of nitrogens with zero attached hydrogens (tertiary/aromatic N) is 2. The van der Waals surface area contributed by atoms with E-state index in [4.69, 9.17) is 9.47 Å². The molecule has 0 radical (unpaired) electrons. The quantitative estimate of drug-likeness (QED) is 0.677. The first kappa shape index (κ1) is 21.8. The Morgan fingerprint density at radius 1 is 1.19 bits per heavy atom. The number of carbonyl (C=O) groups is 2. The fraction of sp³-hybridized carbons (Fsp3) is 0.571. The largest absolute Gasteiger partial charge is 0.418 e. The molecule has 0 bridgehead atoms. The van der Waals surface area contributed by atoms with Crippen molar-refractivity contribution in [3.05, 3.63) is 34.5 Å². The molecular weight excluding hydrogens is 415 g/mol. The van der Waals surface area contributed by atoms with E-state index in [9.17, 15) is 22.8 Å². The van der Waals surface area contributed by atoms with Crippen molar-refractivity contribution in [2.75, 3.05) is 18.6 Å². The van der Waals surface area contributed by atoms with Crippen molar-refractivity contribution in [3.8, 4) is 0 Å². The fourth-order valence-corrected chi connectivity index (χ4v) is 4.02. The maximum Gasteiger partial charge on any atom is 0.418 e. The number of alkyl halides is 3. The number of hydrogen-bond donors (Lipinski definition) is 1. The van der Waals surface area contributed by atoms with E-state index in [1.54, 1.807) is 13.8 Å². The van der Waals surface area contributed by atoms with Gasteiger partial charge in [0.05, 0.1) is 24.5 Å². The van der Waals surface area contributed by atoms with Gasteiger partial charge in [0.2, 0.25) is 0 Å². The molecule has 1 saturated heterocycles. The molecule has 1 N–H and O–H groups in total. The number of hydrogen-bond acceptors (Lipinski definition) is 6. The van der Waals surface area contributed by atoms with E-state index in [1.165, 1.54) is 0 Å². The smallest absolute Gasteiger partial charge is 0.348 e. The summed E-state index contributed by atoms with van der Waals surface area (Å²) in [6.45, 7) is 4.27. The van der Waals surface area contributed by atoms with Crippen LogP contribution in [0, 0.1) is 0 Å². The molecule has 3 aliphatic rings. The topological polar surface area (TPSA) is 80.8 Å². The second kappa shape index (κ2) is 7.90. The monoisotopic (exact) mass is 439 g/mol. The minimum Gasteiger partial charge on any atom is -0.348 e. The van der Waals surface area contributed by atoms with E-state index in [-0.39, 0.29) is 29.4 Å². The Hall–Kier alpha value is -2.46. The summed E-state index contributed by atoms with van der Waals surface area (Å²) in [5.41, 5.74) is 2.40. The van der Waals surface area contributed by atoms with E-state index >= 15 is 0 Å². The summed E-state index contributed by atoms with van der Waals surface area (Å²) in [4.78, 5) is 29.6. The van der Waals surface area contributed by atoms with Crippen LogP contribution in [0.25, 0.3) is 0 Å². The zero-order valence-electron chi connectivity index (χ0n) is 17.3. The molecule has 3 heterocycles. The van der Waals surface area contributed by atoms with Gasteiger partial charge in [-0.1, -0.05) is 6.42 Å². The third-order valence-electron chi connectivity index (χ3n) is 6.11. The van der Waals surface area contributed by atoms with Crippen LogP contribution in [0.1, 0.15) is 63.1 Å².